The van der Waals surface area contributed by atoms with E-state index in [1.54, 1.807) is 0 Å². The number of halogens is 1. The first-order chi connectivity index (χ1) is 8.75. The molecule has 0 amide bonds. The summed E-state index contributed by atoms with van der Waals surface area (Å²) in [7, 11) is -3.58. The van der Waals surface area contributed by atoms with Crippen LogP contribution in [0.1, 0.15) is 18.4 Å². The van der Waals surface area contributed by atoms with E-state index in [4.69, 9.17) is 10.8 Å². The lowest BCUT2D eigenvalue weighted by Gasteiger charge is -2.05. The maximum atomic E-state index is 12.9. The van der Waals surface area contributed by atoms with E-state index in [1.165, 1.54) is 19.1 Å². The second kappa shape index (κ2) is 4.28. The number of nitrogens with two attached hydrogens (primary N) is 1. The number of benzene rings is 1. The minimum absolute atomic E-state index is 0.179. The zero-order valence-electron chi connectivity index (χ0n) is 10.2. The molecule has 0 radical (unpaired) electrons. The third-order valence-corrected chi connectivity index (χ3v) is 5.81. The van der Waals surface area contributed by atoms with Crippen LogP contribution in [0.5, 0.6) is 0 Å². The van der Waals surface area contributed by atoms with Crippen molar-refractivity contribution in [3.8, 4) is 0 Å². The highest BCUT2D eigenvalue weighted by Crippen LogP contribution is 2.54. The second-order valence-corrected chi connectivity index (χ2v) is 7.05. The van der Waals surface area contributed by atoms with E-state index in [1.807, 2.05) is 0 Å². The molecule has 1 aliphatic carbocycles. The molecule has 19 heavy (non-hydrogen) atoms. The molecule has 3 N–H and O–H groups in total. The summed E-state index contributed by atoms with van der Waals surface area (Å²) in [5.41, 5.74) is 4.33. The Kier molecular flexibility index (Phi) is 3.14. The maximum absolute atomic E-state index is 12.9. The minimum Gasteiger partial charge on any atom is -0.480 e. The van der Waals surface area contributed by atoms with Gasteiger partial charge in [-0.3, -0.25) is 4.79 Å². The maximum Gasteiger partial charge on any atom is 0.325 e. The van der Waals surface area contributed by atoms with Crippen LogP contribution in [-0.2, 0) is 14.6 Å². The first-order valence-electron chi connectivity index (χ1n) is 5.74. The summed E-state index contributed by atoms with van der Waals surface area (Å²) in [4.78, 5) is 11.2. The Morgan fingerprint density at radius 3 is 2.37 bits per heavy atom. The first kappa shape index (κ1) is 14.0. The summed E-state index contributed by atoms with van der Waals surface area (Å²) in [6.45, 7) is 1.44. The van der Waals surface area contributed by atoms with E-state index in [9.17, 15) is 17.6 Å². The SMILES string of the molecule is CCS(=O)(=O)[C@H]1[C@H](c2ccc(F)cc2)[C@@]1(N)C(=O)O. The predicted octanol–water partition coefficient (Wildman–Crippen LogP) is 0.508. The number of aliphatic carboxylic acids is 1. The normalized spacial score (nSPS) is 30.1. The van der Waals surface area contributed by atoms with Crippen LogP contribution in [0.2, 0.25) is 0 Å². The van der Waals surface area contributed by atoms with E-state index < -0.39 is 38.3 Å². The van der Waals surface area contributed by atoms with Crippen LogP contribution in [0.15, 0.2) is 24.3 Å². The van der Waals surface area contributed by atoms with Gasteiger partial charge in [-0.25, -0.2) is 12.8 Å². The fraction of sp³-hybridized carbons (Fsp3) is 0.417. The molecule has 0 spiro atoms. The summed E-state index contributed by atoms with van der Waals surface area (Å²) in [5, 5.41) is 8.01. The average molecular weight is 287 g/mol. The molecule has 104 valence electrons. The Morgan fingerprint density at radius 1 is 1.42 bits per heavy atom. The molecule has 3 atom stereocenters. The van der Waals surface area contributed by atoms with Gasteiger partial charge in [0.1, 0.15) is 11.4 Å². The van der Waals surface area contributed by atoms with E-state index in [0.29, 0.717) is 5.56 Å². The van der Waals surface area contributed by atoms with Crippen molar-refractivity contribution in [2.24, 2.45) is 5.73 Å². The van der Waals surface area contributed by atoms with Gasteiger partial charge in [-0.1, -0.05) is 19.1 Å². The van der Waals surface area contributed by atoms with Gasteiger partial charge in [0.15, 0.2) is 9.84 Å². The van der Waals surface area contributed by atoms with Gasteiger partial charge >= 0.3 is 5.97 Å². The Bertz CT molecular complexity index is 613. The zero-order valence-corrected chi connectivity index (χ0v) is 11.0. The lowest BCUT2D eigenvalue weighted by molar-refractivity contribution is -0.139. The smallest absolute Gasteiger partial charge is 0.325 e. The number of carbonyl (C=O) groups is 1. The van der Waals surface area contributed by atoms with Crippen LogP contribution in [-0.4, -0.2) is 36.0 Å². The predicted molar refractivity (Wildman–Crippen MR) is 66.9 cm³/mol. The Morgan fingerprint density at radius 2 is 1.95 bits per heavy atom. The van der Waals surface area contributed by atoms with Crippen LogP contribution >= 0.6 is 0 Å². The van der Waals surface area contributed by atoms with Gasteiger partial charge in [0.25, 0.3) is 0 Å². The van der Waals surface area contributed by atoms with Crippen molar-refractivity contribution in [2.75, 3.05) is 5.75 Å². The Balaban J connectivity index is 2.45. The number of rotatable bonds is 4. The molecule has 0 saturated heterocycles. The second-order valence-electron chi connectivity index (χ2n) is 4.64. The molecule has 0 unspecified atom stereocenters. The quantitative estimate of drug-likeness (QED) is 0.841. The van der Waals surface area contributed by atoms with Gasteiger partial charge in [0, 0.05) is 11.7 Å². The van der Waals surface area contributed by atoms with Crippen molar-refractivity contribution in [1.29, 1.82) is 0 Å². The van der Waals surface area contributed by atoms with E-state index in [2.05, 4.69) is 0 Å². The first-order valence-corrected chi connectivity index (χ1v) is 7.46. The van der Waals surface area contributed by atoms with Crippen molar-refractivity contribution in [2.45, 2.75) is 23.6 Å². The number of hydrogen-bond donors (Lipinski definition) is 2. The average Bonchev–Trinajstić information content (AvgIpc) is 2.99. The van der Waals surface area contributed by atoms with Crippen LogP contribution < -0.4 is 5.73 Å². The summed E-state index contributed by atoms with van der Waals surface area (Å²) in [6.07, 6.45) is 0. The van der Waals surface area contributed by atoms with Crippen molar-refractivity contribution < 1.29 is 22.7 Å². The number of carboxylic acid groups (broad SMARTS) is 1. The highest BCUT2D eigenvalue weighted by Gasteiger charge is 2.73. The van der Waals surface area contributed by atoms with Crippen molar-refractivity contribution in [3.63, 3.8) is 0 Å². The highest BCUT2D eigenvalue weighted by atomic mass is 32.2. The third-order valence-electron chi connectivity index (χ3n) is 3.57. The molecule has 1 fully saturated rings. The molecular weight excluding hydrogens is 273 g/mol. The summed E-state index contributed by atoms with van der Waals surface area (Å²) in [5.74, 6) is -2.85. The molecule has 0 bridgehead atoms. The van der Waals surface area contributed by atoms with Crippen LogP contribution in [0.4, 0.5) is 4.39 Å². The summed E-state index contributed by atoms with van der Waals surface area (Å²) in [6, 6.07) is 5.06. The van der Waals surface area contributed by atoms with Crippen LogP contribution in [0.3, 0.4) is 0 Å². The molecule has 0 heterocycles. The zero-order chi connectivity index (χ0) is 14.4. The van der Waals surface area contributed by atoms with Gasteiger partial charge in [-0.05, 0) is 17.7 Å². The molecule has 5 nitrogen and oxygen atoms in total. The molecule has 0 aliphatic heterocycles. The van der Waals surface area contributed by atoms with Crippen molar-refractivity contribution >= 4 is 15.8 Å². The lowest BCUT2D eigenvalue weighted by atomic mass is 10.1. The highest BCUT2D eigenvalue weighted by molar-refractivity contribution is 7.92. The van der Waals surface area contributed by atoms with Gasteiger partial charge in [0.2, 0.25) is 0 Å². The molecule has 2 rings (SSSR count). The third kappa shape index (κ3) is 2.02. The fourth-order valence-electron chi connectivity index (χ4n) is 2.43. The largest absolute Gasteiger partial charge is 0.480 e. The minimum atomic E-state index is -3.58. The van der Waals surface area contributed by atoms with Crippen molar-refractivity contribution in [3.05, 3.63) is 35.6 Å². The molecule has 0 aromatic heterocycles. The topological polar surface area (TPSA) is 97.5 Å². The molecular formula is C12H14FNO4S. The summed E-state index contributed by atoms with van der Waals surface area (Å²) >= 11 is 0. The van der Waals surface area contributed by atoms with Crippen molar-refractivity contribution in [1.82, 2.24) is 0 Å². The lowest BCUT2D eigenvalue weighted by Crippen LogP contribution is -2.40. The number of sulfone groups is 1. The molecule has 1 saturated carbocycles. The van der Waals surface area contributed by atoms with Gasteiger partial charge < -0.3 is 10.8 Å². The van der Waals surface area contributed by atoms with Gasteiger partial charge in [0.05, 0.1) is 5.25 Å². The molecule has 1 aliphatic rings. The fourth-order valence-corrected chi connectivity index (χ4v) is 4.35. The van der Waals surface area contributed by atoms with E-state index in [-0.39, 0.29) is 5.75 Å². The van der Waals surface area contributed by atoms with Crippen LogP contribution in [0, 0.1) is 5.82 Å². The van der Waals surface area contributed by atoms with Crippen LogP contribution in [0.25, 0.3) is 0 Å². The van der Waals surface area contributed by atoms with Gasteiger partial charge in [-0.2, -0.15) is 0 Å². The standard InChI is InChI=1S/C12H14FNO4S/c1-2-19(17,18)10-9(12(10,14)11(15)16)7-3-5-8(13)6-4-7/h3-6,9-10H,2,14H2,1H3,(H,15,16)/t9-,10-,12-/m0/s1. The summed E-state index contributed by atoms with van der Waals surface area (Å²) < 4.78 is 36.7. The Labute approximate surface area is 110 Å². The van der Waals surface area contributed by atoms with Gasteiger partial charge in [-0.15, -0.1) is 0 Å². The van der Waals surface area contributed by atoms with E-state index in [0.717, 1.165) is 12.1 Å². The molecule has 1 aromatic carbocycles. The molecule has 1 aromatic rings. The van der Waals surface area contributed by atoms with E-state index >= 15 is 0 Å². The number of carboxylic acids is 1. The monoisotopic (exact) mass is 287 g/mol. The Hall–Kier alpha value is -1.47. The molecule has 7 heteroatoms. The number of hydrogen-bond acceptors (Lipinski definition) is 4.